The van der Waals surface area contributed by atoms with Crippen molar-refractivity contribution in [3.05, 3.63) is 0 Å². The van der Waals surface area contributed by atoms with Crippen LogP contribution in [-0.2, 0) is 0 Å². The van der Waals surface area contributed by atoms with Gasteiger partial charge in [-0.2, -0.15) is 4.99 Å². The van der Waals surface area contributed by atoms with Crippen molar-refractivity contribution in [2.24, 2.45) is 16.5 Å². The summed E-state index contributed by atoms with van der Waals surface area (Å²) in [5.74, 6) is -0.329. The molecule has 0 aliphatic rings. The molecular formula is C2H7N5S. The van der Waals surface area contributed by atoms with Crippen LogP contribution in [0.25, 0.3) is 0 Å². The lowest BCUT2D eigenvalue weighted by atomic mass is 11.0. The van der Waals surface area contributed by atoms with Crippen molar-refractivity contribution >= 4 is 24.7 Å². The summed E-state index contributed by atoms with van der Waals surface area (Å²) in [7, 11) is 0. The molecule has 0 saturated heterocycles. The number of nitrogens with one attached hydrogen (secondary N) is 2. The van der Waals surface area contributed by atoms with Gasteiger partial charge in [-0.25, -0.2) is 0 Å². The molecule has 6 heteroatoms. The highest BCUT2D eigenvalue weighted by molar-refractivity contribution is 7.78. The maximum atomic E-state index is 6.56. The van der Waals surface area contributed by atoms with Crippen molar-refractivity contribution in [3.63, 3.8) is 0 Å². The van der Waals surface area contributed by atoms with E-state index < -0.39 is 0 Å². The lowest BCUT2D eigenvalue weighted by Gasteiger charge is -1.92. The molecule has 0 aromatic rings. The van der Waals surface area contributed by atoms with Gasteiger partial charge in [0.25, 0.3) is 0 Å². The van der Waals surface area contributed by atoms with E-state index in [1.807, 2.05) is 0 Å². The minimum absolute atomic E-state index is 0.0147. The fourth-order valence-corrected chi connectivity index (χ4v) is 0.205. The number of nitrogens with two attached hydrogens (primary N) is 2. The van der Waals surface area contributed by atoms with Crippen LogP contribution < -0.4 is 16.2 Å². The molecule has 0 rings (SSSR count). The van der Waals surface area contributed by atoms with E-state index in [0.717, 1.165) is 0 Å². The predicted octanol–water partition coefficient (Wildman–Crippen LogP) is -1.37. The van der Waals surface area contributed by atoms with E-state index >= 15 is 0 Å². The Kier molecular flexibility index (Phi) is 2.78. The van der Waals surface area contributed by atoms with Gasteiger partial charge >= 0.3 is 0 Å². The van der Waals surface area contributed by atoms with Gasteiger partial charge in [-0.15, -0.1) is 0 Å². The van der Waals surface area contributed by atoms with Gasteiger partial charge in [-0.1, -0.05) is 12.8 Å². The molecule has 8 heavy (non-hydrogen) atoms. The molecule has 0 spiro atoms. The monoisotopic (exact) mass is 133 g/mol. The maximum Gasteiger partial charge on any atom is 0.215 e. The molecule has 0 atom stereocenters. The molecule has 46 valence electrons. The van der Waals surface area contributed by atoms with E-state index in [4.69, 9.17) is 16.9 Å². The van der Waals surface area contributed by atoms with Gasteiger partial charge in [0.05, 0.1) is 0 Å². The summed E-state index contributed by atoms with van der Waals surface area (Å²) in [4.78, 5) is 3.26. The summed E-state index contributed by atoms with van der Waals surface area (Å²) >= 11 is 3.53. The Hall–Kier alpha value is -0.910. The Morgan fingerprint density at radius 1 is 1.62 bits per heavy atom. The maximum absolute atomic E-state index is 6.56. The van der Waals surface area contributed by atoms with Crippen molar-refractivity contribution in [2.75, 3.05) is 0 Å². The van der Waals surface area contributed by atoms with E-state index in [9.17, 15) is 0 Å². The van der Waals surface area contributed by atoms with Crippen LogP contribution in [0.15, 0.2) is 4.99 Å². The van der Waals surface area contributed by atoms with Crippen LogP contribution in [0.4, 0.5) is 0 Å². The van der Waals surface area contributed by atoms with E-state index in [2.05, 4.69) is 22.5 Å². The molecule has 0 aromatic heterocycles. The Morgan fingerprint density at radius 2 is 2.12 bits per heavy atom. The zero-order valence-electron chi connectivity index (χ0n) is 4.05. The molecule has 0 unspecified atom stereocenters. The Labute approximate surface area is 52.2 Å². The third-order valence-corrected chi connectivity index (χ3v) is 0.585. The first-order valence-electron chi connectivity index (χ1n) is 1.75. The van der Waals surface area contributed by atoms with Crippen molar-refractivity contribution in [1.82, 2.24) is 4.72 Å². The second-order valence-electron chi connectivity index (χ2n) is 0.994. The second-order valence-corrected chi connectivity index (χ2v) is 1.22. The first-order chi connectivity index (χ1) is 3.66. The van der Waals surface area contributed by atoms with Crippen LogP contribution in [0.1, 0.15) is 0 Å². The SMILES string of the molecule is N=C(N)/N=C(/N)NS. The topological polar surface area (TPSA) is 100 Å². The first-order valence-corrected chi connectivity index (χ1v) is 2.20. The molecule has 0 aromatic carbocycles. The molecule has 0 fully saturated rings. The first kappa shape index (κ1) is 7.09. The van der Waals surface area contributed by atoms with Crippen LogP contribution in [0.2, 0.25) is 0 Å². The van der Waals surface area contributed by atoms with Crippen LogP contribution in [0.5, 0.6) is 0 Å². The van der Waals surface area contributed by atoms with E-state index in [-0.39, 0.29) is 11.9 Å². The van der Waals surface area contributed by atoms with Gasteiger partial charge in [0.15, 0.2) is 0 Å². The summed E-state index contributed by atoms with van der Waals surface area (Å²) in [5, 5.41) is 6.56. The summed E-state index contributed by atoms with van der Waals surface area (Å²) in [5.41, 5.74) is 9.83. The van der Waals surface area contributed by atoms with E-state index in [1.54, 1.807) is 0 Å². The minimum atomic E-state index is -0.343. The van der Waals surface area contributed by atoms with Crippen molar-refractivity contribution in [3.8, 4) is 0 Å². The van der Waals surface area contributed by atoms with Gasteiger partial charge in [0.2, 0.25) is 11.9 Å². The number of nitrogens with zero attached hydrogens (tertiary/aromatic N) is 1. The van der Waals surface area contributed by atoms with Gasteiger partial charge in [0, 0.05) is 0 Å². The number of hydrogen-bond acceptors (Lipinski definition) is 2. The van der Waals surface area contributed by atoms with Crippen LogP contribution in [0, 0.1) is 5.41 Å². The molecular weight excluding hydrogens is 126 g/mol. The largest absolute Gasteiger partial charge is 0.369 e. The van der Waals surface area contributed by atoms with Gasteiger partial charge in [-0.3, -0.25) is 5.41 Å². The summed E-state index contributed by atoms with van der Waals surface area (Å²) in [6.45, 7) is 0. The summed E-state index contributed by atoms with van der Waals surface area (Å²) in [6, 6.07) is 0. The van der Waals surface area contributed by atoms with Gasteiger partial charge < -0.3 is 16.2 Å². The van der Waals surface area contributed by atoms with Gasteiger partial charge in [0.1, 0.15) is 0 Å². The van der Waals surface area contributed by atoms with E-state index in [0.29, 0.717) is 0 Å². The third-order valence-electron chi connectivity index (χ3n) is 0.355. The number of hydrogen-bond donors (Lipinski definition) is 5. The highest BCUT2D eigenvalue weighted by Gasteiger charge is 1.83. The van der Waals surface area contributed by atoms with Crippen LogP contribution >= 0.6 is 12.8 Å². The Morgan fingerprint density at radius 3 is 2.25 bits per heavy atom. The molecule has 6 N–H and O–H groups in total. The van der Waals surface area contributed by atoms with Crippen LogP contribution in [-0.4, -0.2) is 11.9 Å². The number of rotatable bonds is 0. The molecule has 0 aliphatic carbocycles. The molecule has 0 amide bonds. The zero-order chi connectivity index (χ0) is 6.57. The minimum Gasteiger partial charge on any atom is -0.369 e. The van der Waals surface area contributed by atoms with Crippen LogP contribution in [0.3, 0.4) is 0 Å². The van der Waals surface area contributed by atoms with E-state index in [1.165, 1.54) is 0 Å². The lowest BCUT2D eigenvalue weighted by molar-refractivity contribution is 1.32. The average molecular weight is 133 g/mol. The molecule has 0 aliphatic heterocycles. The number of guanidine groups is 2. The highest BCUT2D eigenvalue weighted by atomic mass is 32.1. The molecule has 0 saturated carbocycles. The number of thiol groups is 1. The summed E-state index contributed by atoms with van der Waals surface area (Å²) < 4.78 is 2.20. The average Bonchev–Trinajstić information content (AvgIpc) is 1.65. The fraction of sp³-hybridized carbons (Fsp3) is 0. The molecule has 5 nitrogen and oxygen atoms in total. The van der Waals surface area contributed by atoms with Crippen molar-refractivity contribution in [1.29, 1.82) is 5.41 Å². The Bertz CT molecular complexity index is 118. The van der Waals surface area contributed by atoms with Crippen molar-refractivity contribution in [2.45, 2.75) is 0 Å². The fourth-order valence-electron chi connectivity index (χ4n) is 0.155. The van der Waals surface area contributed by atoms with Crippen molar-refractivity contribution < 1.29 is 0 Å². The highest BCUT2D eigenvalue weighted by Crippen LogP contribution is 1.64. The molecule has 0 bridgehead atoms. The molecule has 0 radical (unpaired) electrons. The molecule has 0 heterocycles. The number of aliphatic imine (C=N–C) groups is 1. The zero-order valence-corrected chi connectivity index (χ0v) is 4.94. The second kappa shape index (κ2) is 3.14. The lowest BCUT2D eigenvalue weighted by Crippen LogP contribution is -2.26. The smallest absolute Gasteiger partial charge is 0.215 e. The Balaban J connectivity index is 3.75. The third kappa shape index (κ3) is 3.29. The summed E-state index contributed by atoms with van der Waals surface area (Å²) in [6.07, 6.45) is 0. The quantitative estimate of drug-likeness (QED) is 0.160. The normalized spacial score (nSPS) is 10.9. The standard InChI is InChI=1S/C2H7N5S/c3-1(4)6-2(5)7-8/h8H,(H6,3,4,5,6,7). The van der Waals surface area contributed by atoms with Gasteiger partial charge in [-0.05, 0) is 0 Å². The predicted molar refractivity (Wildman–Crippen MR) is 35.7 cm³/mol.